The predicted molar refractivity (Wildman–Crippen MR) is 51.7 cm³/mol. The number of thioether (sulfide) groups is 1. The zero-order valence-electron chi connectivity index (χ0n) is 7.74. The van der Waals surface area contributed by atoms with Crippen LogP contribution in [-0.2, 0) is 0 Å². The molecule has 1 aliphatic rings. The van der Waals surface area contributed by atoms with Gasteiger partial charge < -0.3 is 0 Å². The van der Waals surface area contributed by atoms with Gasteiger partial charge in [-0.1, -0.05) is 27.7 Å². The number of hydrogen-bond acceptors (Lipinski definition) is 1. The monoisotopic (exact) mass is 160 g/mol. The average Bonchev–Trinajstić information content (AvgIpc) is 1.92. The van der Waals surface area contributed by atoms with Crippen molar-refractivity contribution in [2.75, 3.05) is 11.5 Å². The van der Waals surface area contributed by atoms with Gasteiger partial charge >= 0.3 is 0 Å². The summed E-state index contributed by atoms with van der Waals surface area (Å²) < 4.78 is 0. The van der Waals surface area contributed by atoms with E-state index in [4.69, 9.17) is 0 Å². The molecule has 0 spiro atoms. The first-order valence-corrected chi connectivity index (χ1v) is 5.44. The van der Waals surface area contributed by atoms with E-state index in [1.165, 1.54) is 24.3 Å². The molecule has 0 N–H and O–H groups in total. The Labute approximate surface area is 69.8 Å². The van der Waals surface area contributed by atoms with E-state index in [-0.39, 0.29) is 0 Å². The second-order valence-electron chi connectivity index (χ2n) is 3.28. The second kappa shape index (κ2) is 5.06. The summed E-state index contributed by atoms with van der Waals surface area (Å²) in [7, 11) is 0. The summed E-state index contributed by atoms with van der Waals surface area (Å²) in [6.07, 6.45) is 2.83. The first-order chi connectivity index (χ1) is 4.71. The second-order valence-corrected chi connectivity index (χ2v) is 4.50. The van der Waals surface area contributed by atoms with Gasteiger partial charge in [0.05, 0.1) is 0 Å². The maximum absolute atomic E-state index is 2.37. The van der Waals surface area contributed by atoms with Crippen molar-refractivity contribution in [1.29, 1.82) is 0 Å². The minimum absolute atomic E-state index is 0.658. The molecular formula is C9H20S. The maximum atomic E-state index is 2.37. The van der Waals surface area contributed by atoms with Gasteiger partial charge in [0.2, 0.25) is 0 Å². The highest BCUT2D eigenvalue weighted by atomic mass is 32.2. The SMILES string of the molecule is CC.CC1(C)CCSCC1. The molecule has 0 aromatic heterocycles. The van der Waals surface area contributed by atoms with E-state index in [9.17, 15) is 0 Å². The minimum Gasteiger partial charge on any atom is -0.162 e. The Bertz CT molecular complexity index is 68.8. The molecule has 0 amide bonds. The van der Waals surface area contributed by atoms with E-state index in [0.29, 0.717) is 5.41 Å². The molecule has 0 bridgehead atoms. The summed E-state index contributed by atoms with van der Waals surface area (Å²) in [4.78, 5) is 0. The van der Waals surface area contributed by atoms with Crippen molar-refractivity contribution in [3.05, 3.63) is 0 Å². The van der Waals surface area contributed by atoms with E-state index in [1.807, 2.05) is 13.8 Å². The third kappa shape index (κ3) is 4.21. The van der Waals surface area contributed by atoms with E-state index < -0.39 is 0 Å². The van der Waals surface area contributed by atoms with Crippen LogP contribution in [0.5, 0.6) is 0 Å². The van der Waals surface area contributed by atoms with Gasteiger partial charge in [-0.3, -0.25) is 0 Å². The van der Waals surface area contributed by atoms with Crippen molar-refractivity contribution in [2.24, 2.45) is 5.41 Å². The number of rotatable bonds is 0. The minimum atomic E-state index is 0.658. The van der Waals surface area contributed by atoms with Gasteiger partial charge in [-0.05, 0) is 29.8 Å². The van der Waals surface area contributed by atoms with Crippen molar-refractivity contribution < 1.29 is 0 Å². The largest absolute Gasteiger partial charge is 0.162 e. The Balaban J connectivity index is 0.000000371. The lowest BCUT2D eigenvalue weighted by molar-refractivity contribution is 0.336. The molecule has 0 atom stereocenters. The van der Waals surface area contributed by atoms with Crippen LogP contribution in [0.3, 0.4) is 0 Å². The highest BCUT2D eigenvalue weighted by Gasteiger charge is 2.20. The zero-order valence-corrected chi connectivity index (χ0v) is 8.55. The molecule has 1 aliphatic heterocycles. The molecule has 1 fully saturated rings. The first kappa shape index (κ1) is 10.3. The van der Waals surface area contributed by atoms with E-state index >= 15 is 0 Å². The van der Waals surface area contributed by atoms with E-state index in [2.05, 4.69) is 25.6 Å². The van der Waals surface area contributed by atoms with Gasteiger partial charge in [0, 0.05) is 0 Å². The Morgan fingerprint density at radius 1 is 1.00 bits per heavy atom. The molecule has 1 heterocycles. The van der Waals surface area contributed by atoms with Crippen LogP contribution in [-0.4, -0.2) is 11.5 Å². The summed E-state index contributed by atoms with van der Waals surface area (Å²) in [5.74, 6) is 2.76. The smallest absolute Gasteiger partial charge is 0.00624 e. The van der Waals surface area contributed by atoms with Crippen molar-refractivity contribution >= 4 is 11.8 Å². The van der Waals surface area contributed by atoms with Gasteiger partial charge in [-0.15, -0.1) is 0 Å². The number of hydrogen-bond donors (Lipinski definition) is 0. The topological polar surface area (TPSA) is 0 Å². The molecule has 62 valence electrons. The molecule has 1 saturated heterocycles. The predicted octanol–water partition coefficient (Wildman–Crippen LogP) is 3.57. The molecular weight excluding hydrogens is 140 g/mol. The van der Waals surface area contributed by atoms with E-state index in [0.717, 1.165) is 0 Å². The molecule has 1 rings (SSSR count). The highest BCUT2D eigenvalue weighted by Crippen LogP contribution is 2.33. The molecule has 0 aromatic rings. The van der Waals surface area contributed by atoms with Crippen molar-refractivity contribution in [3.63, 3.8) is 0 Å². The lowest BCUT2D eigenvalue weighted by atomic mass is 9.87. The van der Waals surface area contributed by atoms with Crippen LogP contribution >= 0.6 is 11.8 Å². The van der Waals surface area contributed by atoms with Crippen LogP contribution in [0.1, 0.15) is 40.5 Å². The van der Waals surface area contributed by atoms with Crippen LogP contribution in [0.25, 0.3) is 0 Å². The van der Waals surface area contributed by atoms with Crippen LogP contribution in [0, 0.1) is 5.41 Å². The average molecular weight is 160 g/mol. The summed E-state index contributed by atoms with van der Waals surface area (Å²) in [5.41, 5.74) is 0.658. The molecule has 1 heteroatoms. The zero-order chi connectivity index (χ0) is 8.04. The van der Waals surface area contributed by atoms with Gasteiger partial charge in [-0.2, -0.15) is 11.8 Å². The fourth-order valence-electron chi connectivity index (χ4n) is 0.924. The summed E-state index contributed by atoms with van der Waals surface area (Å²) >= 11 is 2.10. The molecule has 0 nitrogen and oxygen atoms in total. The molecule has 0 unspecified atom stereocenters. The Hall–Kier alpha value is 0.350. The molecule has 0 radical (unpaired) electrons. The van der Waals surface area contributed by atoms with Gasteiger partial charge in [-0.25, -0.2) is 0 Å². The van der Waals surface area contributed by atoms with E-state index in [1.54, 1.807) is 0 Å². The quantitative estimate of drug-likeness (QED) is 0.522. The fourth-order valence-corrected chi connectivity index (χ4v) is 2.52. The van der Waals surface area contributed by atoms with Crippen LogP contribution in [0.4, 0.5) is 0 Å². The van der Waals surface area contributed by atoms with Gasteiger partial charge in [0.1, 0.15) is 0 Å². The summed E-state index contributed by atoms with van der Waals surface area (Å²) in [6.45, 7) is 8.74. The van der Waals surface area contributed by atoms with Crippen molar-refractivity contribution in [1.82, 2.24) is 0 Å². The van der Waals surface area contributed by atoms with Crippen molar-refractivity contribution in [2.45, 2.75) is 40.5 Å². The third-order valence-corrected chi connectivity index (χ3v) is 2.83. The lowest BCUT2D eigenvalue weighted by Crippen LogP contribution is -2.17. The Morgan fingerprint density at radius 3 is 1.60 bits per heavy atom. The summed E-state index contributed by atoms with van der Waals surface area (Å²) in [5, 5.41) is 0. The fraction of sp³-hybridized carbons (Fsp3) is 1.00. The third-order valence-electron chi connectivity index (χ3n) is 1.85. The molecule has 0 aliphatic carbocycles. The van der Waals surface area contributed by atoms with Crippen LogP contribution < -0.4 is 0 Å². The molecule has 0 aromatic carbocycles. The Morgan fingerprint density at radius 2 is 1.40 bits per heavy atom. The highest BCUT2D eigenvalue weighted by molar-refractivity contribution is 7.99. The maximum Gasteiger partial charge on any atom is -0.00624 e. The lowest BCUT2D eigenvalue weighted by Gasteiger charge is -2.28. The Kier molecular flexibility index (Phi) is 5.24. The van der Waals surface area contributed by atoms with Crippen LogP contribution in [0.2, 0.25) is 0 Å². The molecule has 10 heavy (non-hydrogen) atoms. The molecule has 0 saturated carbocycles. The van der Waals surface area contributed by atoms with Crippen LogP contribution in [0.15, 0.2) is 0 Å². The first-order valence-electron chi connectivity index (χ1n) is 4.28. The standard InChI is InChI=1S/C7H14S.C2H6/c1-7(2)3-5-8-6-4-7;1-2/h3-6H2,1-2H3;1-2H3. The van der Waals surface area contributed by atoms with Crippen molar-refractivity contribution in [3.8, 4) is 0 Å². The van der Waals surface area contributed by atoms with Gasteiger partial charge in [0.15, 0.2) is 0 Å². The van der Waals surface area contributed by atoms with Gasteiger partial charge in [0.25, 0.3) is 0 Å². The normalized spacial score (nSPS) is 22.8. The summed E-state index contributed by atoms with van der Waals surface area (Å²) in [6, 6.07) is 0.